The number of pyridine rings is 2. The summed E-state index contributed by atoms with van der Waals surface area (Å²) in [5, 5.41) is 2.72. The molecule has 0 saturated carbocycles. The van der Waals surface area contributed by atoms with E-state index in [0.29, 0.717) is 12.1 Å². The van der Waals surface area contributed by atoms with Crippen LogP contribution in [0, 0.1) is 0 Å². The number of hydrogen-bond donors (Lipinski definition) is 2. The molecule has 0 spiro atoms. The third-order valence-electron chi connectivity index (χ3n) is 2.24. The monoisotopic (exact) mass is 229 g/mol. The lowest BCUT2D eigenvalue weighted by atomic mass is 10.2. The Morgan fingerprint density at radius 2 is 2.06 bits per heavy atom. The minimum absolute atomic E-state index is 0.270. The van der Waals surface area contributed by atoms with Crippen molar-refractivity contribution in [2.45, 2.75) is 6.54 Å². The first-order chi connectivity index (χ1) is 8.25. The predicted octanol–water partition coefficient (Wildman–Crippen LogP) is 0.700. The SMILES string of the molecule is O=C(NCc1ccncc1)c1cc[nH]c(=O)c1. The second-order valence-corrected chi connectivity index (χ2v) is 3.48. The number of aromatic amines is 1. The summed E-state index contributed by atoms with van der Waals surface area (Å²) in [6, 6.07) is 6.46. The maximum absolute atomic E-state index is 11.7. The molecule has 2 aromatic rings. The van der Waals surface area contributed by atoms with Crippen LogP contribution >= 0.6 is 0 Å². The van der Waals surface area contributed by atoms with Crippen molar-refractivity contribution in [2.24, 2.45) is 0 Å². The number of aromatic nitrogens is 2. The Morgan fingerprint density at radius 3 is 2.76 bits per heavy atom. The summed E-state index contributed by atoms with van der Waals surface area (Å²) >= 11 is 0. The van der Waals surface area contributed by atoms with E-state index in [4.69, 9.17) is 0 Å². The van der Waals surface area contributed by atoms with Gasteiger partial charge in [0.05, 0.1) is 0 Å². The van der Waals surface area contributed by atoms with Crippen molar-refractivity contribution in [2.75, 3.05) is 0 Å². The maximum Gasteiger partial charge on any atom is 0.251 e. The van der Waals surface area contributed by atoms with Gasteiger partial charge in [-0.15, -0.1) is 0 Å². The lowest BCUT2D eigenvalue weighted by Gasteiger charge is -2.04. The highest BCUT2D eigenvalue weighted by Crippen LogP contribution is 1.97. The Kier molecular flexibility index (Phi) is 3.30. The van der Waals surface area contributed by atoms with Gasteiger partial charge in [0, 0.05) is 36.8 Å². The Balaban J connectivity index is 2.01. The highest BCUT2D eigenvalue weighted by atomic mass is 16.2. The zero-order chi connectivity index (χ0) is 12.1. The van der Waals surface area contributed by atoms with Crippen LogP contribution in [0.1, 0.15) is 15.9 Å². The standard InChI is InChI=1S/C12H11N3O2/c16-11-7-10(3-6-14-11)12(17)15-8-9-1-4-13-5-2-9/h1-7H,8H2,(H,14,16)(H,15,17). The fourth-order valence-corrected chi connectivity index (χ4v) is 1.37. The zero-order valence-electron chi connectivity index (χ0n) is 9.01. The van der Waals surface area contributed by atoms with Crippen LogP contribution in [0.5, 0.6) is 0 Å². The molecule has 2 heterocycles. The number of rotatable bonds is 3. The molecule has 0 aromatic carbocycles. The topological polar surface area (TPSA) is 74.8 Å². The Labute approximate surface area is 97.5 Å². The van der Waals surface area contributed by atoms with Gasteiger partial charge in [0.1, 0.15) is 0 Å². The second kappa shape index (κ2) is 5.07. The molecule has 0 aliphatic carbocycles. The average Bonchev–Trinajstić information content (AvgIpc) is 2.37. The van der Waals surface area contributed by atoms with Crippen LogP contribution in [0.3, 0.4) is 0 Å². The lowest BCUT2D eigenvalue weighted by Crippen LogP contribution is -2.24. The highest BCUT2D eigenvalue weighted by molar-refractivity contribution is 5.93. The third-order valence-corrected chi connectivity index (χ3v) is 2.24. The Morgan fingerprint density at radius 1 is 1.29 bits per heavy atom. The number of hydrogen-bond acceptors (Lipinski definition) is 3. The van der Waals surface area contributed by atoms with E-state index in [-0.39, 0.29) is 11.5 Å². The molecule has 1 amide bonds. The minimum atomic E-state index is -0.290. The van der Waals surface area contributed by atoms with E-state index in [2.05, 4.69) is 15.3 Å². The van der Waals surface area contributed by atoms with Crippen LogP contribution in [-0.4, -0.2) is 15.9 Å². The first kappa shape index (κ1) is 11.1. The van der Waals surface area contributed by atoms with Crippen LogP contribution in [0.2, 0.25) is 0 Å². The molecule has 0 aliphatic rings. The predicted molar refractivity (Wildman–Crippen MR) is 62.5 cm³/mol. The Bertz CT molecular complexity index is 563. The largest absolute Gasteiger partial charge is 0.348 e. The number of carbonyl (C=O) groups excluding carboxylic acids is 1. The molecular weight excluding hydrogens is 218 g/mol. The average molecular weight is 229 g/mol. The fourth-order valence-electron chi connectivity index (χ4n) is 1.37. The fraction of sp³-hybridized carbons (Fsp3) is 0.0833. The van der Waals surface area contributed by atoms with E-state index in [9.17, 15) is 9.59 Å². The van der Waals surface area contributed by atoms with Gasteiger partial charge in [-0.1, -0.05) is 0 Å². The van der Waals surface area contributed by atoms with Gasteiger partial charge < -0.3 is 10.3 Å². The number of nitrogens with zero attached hydrogens (tertiary/aromatic N) is 1. The van der Waals surface area contributed by atoms with Crippen molar-refractivity contribution in [1.82, 2.24) is 15.3 Å². The molecule has 2 aromatic heterocycles. The van der Waals surface area contributed by atoms with Crippen LogP contribution in [0.4, 0.5) is 0 Å². The van der Waals surface area contributed by atoms with Crippen molar-refractivity contribution in [3.05, 3.63) is 64.3 Å². The van der Waals surface area contributed by atoms with Gasteiger partial charge in [-0.2, -0.15) is 0 Å². The molecule has 0 fully saturated rings. The molecule has 0 unspecified atom stereocenters. The third kappa shape index (κ3) is 3.01. The molecule has 17 heavy (non-hydrogen) atoms. The summed E-state index contributed by atoms with van der Waals surface area (Å²) in [6.45, 7) is 0.411. The van der Waals surface area contributed by atoms with E-state index >= 15 is 0 Å². The first-order valence-electron chi connectivity index (χ1n) is 5.11. The highest BCUT2D eigenvalue weighted by Gasteiger charge is 2.04. The van der Waals surface area contributed by atoms with Gasteiger partial charge in [0.15, 0.2) is 0 Å². The summed E-state index contributed by atoms with van der Waals surface area (Å²) in [5.74, 6) is -0.270. The van der Waals surface area contributed by atoms with E-state index in [1.807, 2.05) is 12.1 Å². The van der Waals surface area contributed by atoms with E-state index in [1.165, 1.54) is 12.3 Å². The zero-order valence-corrected chi connectivity index (χ0v) is 9.01. The minimum Gasteiger partial charge on any atom is -0.348 e. The van der Waals surface area contributed by atoms with Crippen molar-refractivity contribution in [1.29, 1.82) is 0 Å². The molecule has 0 aliphatic heterocycles. The summed E-state index contributed by atoms with van der Waals surface area (Å²) in [7, 11) is 0. The normalized spacial score (nSPS) is 9.88. The van der Waals surface area contributed by atoms with E-state index in [0.717, 1.165) is 5.56 Å². The van der Waals surface area contributed by atoms with E-state index in [1.54, 1.807) is 18.5 Å². The van der Waals surface area contributed by atoms with Gasteiger partial charge in [-0.3, -0.25) is 14.6 Å². The molecule has 0 bridgehead atoms. The second-order valence-electron chi connectivity index (χ2n) is 3.48. The molecule has 5 heteroatoms. The van der Waals surface area contributed by atoms with Crippen LogP contribution in [0.15, 0.2) is 47.7 Å². The van der Waals surface area contributed by atoms with Gasteiger partial charge in [0.25, 0.3) is 5.91 Å². The van der Waals surface area contributed by atoms with Gasteiger partial charge in [-0.25, -0.2) is 0 Å². The molecule has 2 rings (SSSR count). The molecular formula is C12H11N3O2. The van der Waals surface area contributed by atoms with Crippen molar-refractivity contribution < 1.29 is 4.79 Å². The first-order valence-corrected chi connectivity index (χ1v) is 5.11. The summed E-state index contributed by atoms with van der Waals surface area (Å²) < 4.78 is 0. The molecule has 2 N–H and O–H groups in total. The van der Waals surface area contributed by atoms with Crippen LogP contribution < -0.4 is 10.9 Å². The van der Waals surface area contributed by atoms with E-state index < -0.39 is 0 Å². The van der Waals surface area contributed by atoms with Crippen molar-refractivity contribution in [3.63, 3.8) is 0 Å². The van der Waals surface area contributed by atoms with Gasteiger partial charge in [0.2, 0.25) is 5.56 Å². The molecule has 0 atom stereocenters. The number of carbonyl (C=O) groups is 1. The number of amides is 1. The van der Waals surface area contributed by atoms with Crippen molar-refractivity contribution >= 4 is 5.91 Å². The number of nitrogens with one attached hydrogen (secondary N) is 2. The number of H-pyrrole nitrogens is 1. The maximum atomic E-state index is 11.7. The molecule has 0 saturated heterocycles. The van der Waals surface area contributed by atoms with Crippen LogP contribution in [-0.2, 0) is 6.54 Å². The lowest BCUT2D eigenvalue weighted by molar-refractivity contribution is 0.0950. The molecule has 5 nitrogen and oxygen atoms in total. The van der Waals surface area contributed by atoms with Gasteiger partial charge in [-0.05, 0) is 23.8 Å². The van der Waals surface area contributed by atoms with Gasteiger partial charge >= 0.3 is 0 Å². The Hall–Kier alpha value is -2.43. The molecule has 0 radical (unpaired) electrons. The summed E-state index contributed by atoms with van der Waals surface area (Å²) in [5.41, 5.74) is 1.02. The van der Waals surface area contributed by atoms with Crippen molar-refractivity contribution in [3.8, 4) is 0 Å². The summed E-state index contributed by atoms with van der Waals surface area (Å²) in [4.78, 5) is 29.1. The smallest absolute Gasteiger partial charge is 0.251 e. The summed E-state index contributed by atoms with van der Waals surface area (Å²) in [6.07, 6.45) is 4.77. The molecule has 86 valence electrons. The van der Waals surface area contributed by atoms with Crippen LogP contribution in [0.25, 0.3) is 0 Å². The quantitative estimate of drug-likeness (QED) is 0.813.